The van der Waals surface area contributed by atoms with Gasteiger partial charge in [-0.3, -0.25) is 4.90 Å². The molecule has 0 saturated carbocycles. The van der Waals surface area contributed by atoms with E-state index in [-0.39, 0.29) is 16.9 Å². The fraction of sp³-hybridized carbons (Fsp3) is 0.389. The number of nitrogens with zero attached hydrogens (tertiary/aromatic N) is 6. The van der Waals surface area contributed by atoms with E-state index in [2.05, 4.69) is 25.1 Å². The predicted molar refractivity (Wildman–Crippen MR) is 100 cm³/mol. The quantitative estimate of drug-likeness (QED) is 0.638. The molecule has 0 spiro atoms. The van der Waals surface area contributed by atoms with Gasteiger partial charge in [-0.05, 0) is 36.8 Å². The van der Waals surface area contributed by atoms with Gasteiger partial charge in [0, 0.05) is 44.4 Å². The van der Waals surface area contributed by atoms with Gasteiger partial charge in [0.25, 0.3) is 0 Å². The maximum atomic E-state index is 13.2. The lowest BCUT2D eigenvalue weighted by Crippen LogP contribution is -2.43. The van der Waals surface area contributed by atoms with E-state index < -0.39 is 11.7 Å². The number of likely N-dealkylation sites (N-methyl/N-ethyl adjacent to an activating group) is 1. The summed E-state index contributed by atoms with van der Waals surface area (Å²) in [5, 5.41) is 11.7. The number of hydrogen-bond acceptors (Lipinski definition) is 6. The van der Waals surface area contributed by atoms with Gasteiger partial charge in [-0.2, -0.15) is 17.7 Å². The lowest BCUT2D eigenvalue weighted by molar-refractivity contribution is -0.137. The molecule has 1 saturated heterocycles. The highest BCUT2D eigenvalue weighted by atomic mass is 35.5. The molecule has 1 aliphatic heterocycles. The second-order valence-corrected chi connectivity index (χ2v) is 7.25. The van der Waals surface area contributed by atoms with Crippen molar-refractivity contribution in [1.82, 2.24) is 29.6 Å². The fourth-order valence-electron chi connectivity index (χ4n) is 3.12. The van der Waals surface area contributed by atoms with Gasteiger partial charge in [0.1, 0.15) is 5.75 Å². The third-order valence-electron chi connectivity index (χ3n) is 4.80. The van der Waals surface area contributed by atoms with Gasteiger partial charge in [0.2, 0.25) is 11.2 Å². The Morgan fingerprint density at radius 1 is 1.07 bits per heavy atom. The number of piperazine rings is 1. The molecule has 0 amide bonds. The van der Waals surface area contributed by atoms with Gasteiger partial charge < -0.3 is 9.64 Å². The van der Waals surface area contributed by atoms with Crippen LogP contribution in [0.15, 0.2) is 30.3 Å². The van der Waals surface area contributed by atoms with Crippen LogP contribution in [-0.4, -0.2) is 62.8 Å². The molecule has 29 heavy (non-hydrogen) atoms. The minimum atomic E-state index is -4.47. The van der Waals surface area contributed by atoms with Crippen molar-refractivity contribution < 1.29 is 17.9 Å². The van der Waals surface area contributed by atoms with Crippen molar-refractivity contribution in [3.63, 3.8) is 0 Å². The van der Waals surface area contributed by atoms with Crippen molar-refractivity contribution in [1.29, 1.82) is 0 Å². The van der Waals surface area contributed by atoms with E-state index in [0.717, 1.165) is 38.3 Å². The van der Waals surface area contributed by atoms with Crippen LogP contribution in [0.1, 0.15) is 11.1 Å². The largest absolute Gasteiger partial charge is 0.437 e. The first-order valence-corrected chi connectivity index (χ1v) is 9.34. The summed E-state index contributed by atoms with van der Waals surface area (Å²) < 4.78 is 46.7. The smallest absolute Gasteiger partial charge is 0.416 e. The monoisotopic (exact) mass is 426 g/mol. The van der Waals surface area contributed by atoms with Crippen LogP contribution in [0.4, 0.5) is 13.2 Å². The molecule has 0 atom stereocenters. The first-order valence-electron chi connectivity index (χ1n) is 8.96. The van der Waals surface area contributed by atoms with Crippen molar-refractivity contribution in [3.05, 3.63) is 46.7 Å². The van der Waals surface area contributed by atoms with Crippen LogP contribution in [0.3, 0.4) is 0 Å². The highest BCUT2D eigenvalue weighted by Gasteiger charge is 2.31. The zero-order chi connectivity index (χ0) is 20.6. The van der Waals surface area contributed by atoms with Crippen LogP contribution in [0.25, 0.3) is 5.65 Å². The van der Waals surface area contributed by atoms with Crippen molar-refractivity contribution in [2.75, 3.05) is 33.2 Å². The number of hydrogen-bond donors (Lipinski definition) is 0. The minimum Gasteiger partial charge on any atom is -0.437 e. The average Bonchev–Trinajstić information content (AvgIpc) is 3.04. The van der Waals surface area contributed by atoms with Gasteiger partial charge in [0.15, 0.2) is 5.65 Å². The molecule has 0 bridgehead atoms. The van der Waals surface area contributed by atoms with E-state index in [9.17, 15) is 13.2 Å². The molecule has 1 aromatic carbocycles. The van der Waals surface area contributed by atoms with Crippen molar-refractivity contribution in [2.24, 2.45) is 0 Å². The Labute approximate surface area is 169 Å². The van der Waals surface area contributed by atoms with Gasteiger partial charge >= 0.3 is 6.18 Å². The Bertz CT molecular complexity index is 1020. The SMILES string of the molecule is CN1CCN(Cc2ccc(C(F)(F)F)cc2Oc2ccc3nnc(Cl)n3n2)CC1. The Morgan fingerprint density at radius 2 is 1.83 bits per heavy atom. The first kappa shape index (κ1) is 19.9. The Kier molecular flexibility index (Phi) is 5.32. The lowest BCUT2D eigenvalue weighted by atomic mass is 10.1. The zero-order valence-corrected chi connectivity index (χ0v) is 16.3. The lowest BCUT2D eigenvalue weighted by Gasteiger charge is -2.32. The van der Waals surface area contributed by atoms with Gasteiger partial charge in [-0.25, -0.2) is 0 Å². The molecule has 4 rings (SSSR count). The standard InChI is InChI=1S/C18H18ClF3N6O/c1-26-6-8-27(9-7-26)11-12-2-3-13(18(20,21)22)10-14(12)29-16-5-4-15-23-24-17(19)28(15)25-16/h2-5,10H,6-9,11H2,1H3. The van der Waals surface area contributed by atoms with Crippen LogP contribution in [0, 0.1) is 0 Å². The molecule has 11 heteroatoms. The van der Waals surface area contributed by atoms with Gasteiger partial charge in [-0.1, -0.05) is 6.07 Å². The third-order valence-corrected chi connectivity index (χ3v) is 5.03. The Hall–Kier alpha value is -2.43. The predicted octanol–water partition coefficient (Wildman–Crippen LogP) is 3.34. The van der Waals surface area contributed by atoms with Crippen molar-refractivity contribution in [3.8, 4) is 11.6 Å². The van der Waals surface area contributed by atoms with E-state index in [1.54, 1.807) is 6.07 Å². The topological polar surface area (TPSA) is 58.8 Å². The molecule has 3 heterocycles. The van der Waals surface area contributed by atoms with Crippen LogP contribution in [0.5, 0.6) is 11.6 Å². The summed E-state index contributed by atoms with van der Waals surface area (Å²) in [7, 11) is 2.04. The van der Waals surface area contributed by atoms with Crippen LogP contribution >= 0.6 is 11.6 Å². The summed E-state index contributed by atoms with van der Waals surface area (Å²) in [6.07, 6.45) is -4.47. The summed E-state index contributed by atoms with van der Waals surface area (Å²) in [6, 6.07) is 6.63. The maximum absolute atomic E-state index is 13.2. The zero-order valence-electron chi connectivity index (χ0n) is 15.5. The van der Waals surface area contributed by atoms with Crippen LogP contribution < -0.4 is 4.74 Å². The summed E-state index contributed by atoms with van der Waals surface area (Å²) in [5.41, 5.74) is 0.279. The number of benzene rings is 1. The normalized spacial score (nSPS) is 16.4. The van der Waals surface area contributed by atoms with Crippen molar-refractivity contribution >= 4 is 17.2 Å². The van der Waals surface area contributed by atoms with Gasteiger partial charge in [-0.15, -0.1) is 15.3 Å². The number of aromatic nitrogens is 4. The number of ether oxygens (including phenoxy) is 1. The summed E-state index contributed by atoms with van der Waals surface area (Å²) >= 11 is 5.92. The summed E-state index contributed by atoms with van der Waals surface area (Å²) in [5.74, 6) is 0.202. The number of alkyl halides is 3. The summed E-state index contributed by atoms with van der Waals surface area (Å²) in [6.45, 7) is 3.95. The molecule has 0 unspecified atom stereocenters. The van der Waals surface area contributed by atoms with Crippen molar-refractivity contribution in [2.45, 2.75) is 12.7 Å². The highest BCUT2D eigenvalue weighted by Crippen LogP contribution is 2.35. The van der Waals surface area contributed by atoms with E-state index in [1.807, 2.05) is 7.05 Å². The first-order chi connectivity index (χ1) is 13.8. The molecule has 154 valence electrons. The van der Waals surface area contributed by atoms with E-state index >= 15 is 0 Å². The van der Waals surface area contributed by atoms with E-state index in [4.69, 9.17) is 16.3 Å². The Balaban J connectivity index is 1.65. The molecule has 7 nitrogen and oxygen atoms in total. The highest BCUT2D eigenvalue weighted by molar-refractivity contribution is 6.28. The molecule has 3 aromatic rings. The second kappa shape index (κ2) is 7.77. The molecule has 0 radical (unpaired) electrons. The molecule has 1 fully saturated rings. The minimum absolute atomic E-state index is 0.0344. The van der Waals surface area contributed by atoms with E-state index in [1.165, 1.54) is 16.6 Å². The van der Waals surface area contributed by atoms with E-state index in [0.29, 0.717) is 17.8 Å². The third kappa shape index (κ3) is 4.44. The Morgan fingerprint density at radius 3 is 2.55 bits per heavy atom. The van der Waals surface area contributed by atoms with Crippen LogP contribution in [0.2, 0.25) is 5.28 Å². The average molecular weight is 427 g/mol. The second-order valence-electron chi connectivity index (χ2n) is 6.91. The number of halogens is 4. The van der Waals surface area contributed by atoms with Crippen LogP contribution in [-0.2, 0) is 12.7 Å². The van der Waals surface area contributed by atoms with Gasteiger partial charge in [0.05, 0.1) is 5.56 Å². The maximum Gasteiger partial charge on any atom is 0.416 e. The molecule has 1 aliphatic rings. The molecule has 2 aromatic heterocycles. The molecule has 0 N–H and O–H groups in total. The fourth-order valence-corrected chi connectivity index (χ4v) is 3.28. The number of fused-ring (bicyclic) bond motifs is 1. The summed E-state index contributed by atoms with van der Waals surface area (Å²) in [4.78, 5) is 4.39. The molecular formula is C18H18ClF3N6O. The molecule has 0 aliphatic carbocycles. The number of rotatable bonds is 4. The molecular weight excluding hydrogens is 409 g/mol.